The van der Waals surface area contributed by atoms with E-state index >= 15 is 0 Å². The van der Waals surface area contributed by atoms with Crippen LogP contribution in [0.5, 0.6) is 0 Å². The van der Waals surface area contributed by atoms with E-state index in [4.69, 9.17) is 10.3 Å². The quantitative estimate of drug-likeness (QED) is 0.818. The third-order valence-corrected chi connectivity index (χ3v) is 2.60. The molecule has 80 valence electrons. The monoisotopic (exact) mass is 204 g/mol. The van der Waals surface area contributed by atoms with E-state index in [2.05, 4.69) is 19.0 Å². The first kappa shape index (κ1) is 10.2. The molecule has 0 aliphatic heterocycles. The van der Waals surface area contributed by atoms with Crippen LogP contribution in [0.15, 0.2) is 22.7 Å². The van der Waals surface area contributed by atoms with Crippen molar-refractivity contribution in [2.45, 2.75) is 32.7 Å². The second-order valence-corrected chi connectivity index (χ2v) is 4.27. The van der Waals surface area contributed by atoms with Gasteiger partial charge in [-0.05, 0) is 30.5 Å². The van der Waals surface area contributed by atoms with Gasteiger partial charge in [0, 0.05) is 11.4 Å². The molecule has 0 saturated carbocycles. The normalized spacial score (nSPS) is 13.7. The predicted octanol–water partition coefficient (Wildman–Crippen LogP) is 2.97. The molecule has 3 nitrogen and oxygen atoms in total. The fraction of sp³-hybridized carbons (Fsp3) is 0.417. The fourth-order valence-corrected chi connectivity index (χ4v) is 1.67. The van der Waals surface area contributed by atoms with Gasteiger partial charge in [-0.1, -0.05) is 25.1 Å². The molecule has 2 N–H and O–H groups in total. The van der Waals surface area contributed by atoms with E-state index in [-0.39, 0.29) is 6.04 Å². The summed E-state index contributed by atoms with van der Waals surface area (Å²) in [6.45, 7) is 6.18. The van der Waals surface area contributed by atoms with Gasteiger partial charge in [-0.3, -0.25) is 0 Å². The second-order valence-electron chi connectivity index (χ2n) is 4.27. The fourth-order valence-electron chi connectivity index (χ4n) is 1.67. The van der Waals surface area contributed by atoms with Gasteiger partial charge in [0.15, 0.2) is 5.58 Å². The summed E-state index contributed by atoms with van der Waals surface area (Å²) >= 11 is 0. The van der Waals surface area contributed by atoms with Crippen LogP contribution >= 0.6 is 0 Å². The summed E-state index contributed by atoms with van der Waals surface area (Å²) in [6, 6.07) is 6.08. The van der Waals surface area contributed by atoms with Crippen LogP contribution in [0.25, 0.3) is 11.0 Å². The lowest BCUT2D eigenvalue weighted by Crippen LogP contribution is -2.04. The first-order valence-electron chi connectivity index (χ1n) is 5.24. The van der Waals surface area contributed by atoms with Crippen molar-refractivity contribution >= 4 is 11.0 Å². The Hall–Kier alpha value is -1.35. The van der Waals surface area contributed by atoms with Crippen LogP contribution in [0.1, 0.15) is 44.0 Å². The Morgan fingerprint density at radius 3 is 2.60 bits per heavy atom. The Balaban J connectivity index is 2.57. The van der Waals surface area contributed by atoms with Crippen LogP contribution in [-0.4, -0.2) is 5.16 Å². The van der Waals surface area contributed by atoms with Gasteiger partial charge in [-0.25, -0.2) is 0 Å². The maximum absolute atomic E-state index is 5.81. The number of aromatic nitrogens is 1. The summed E-state index contributed by atoms with van der Waals surface area (Å²) in [5, 5.41) is 5.17. The average Bonchev–Trinajstić information content (AvgIpc) is 2.59. The summed E-state index contributed by atoms with van der Waals surface area (Å²) in [7, 11) is 0. The van der Waals surface area contributed by atoms with Crippen LogP contribution < -0.4 is 5.73 Å². The first-order chi connectivity index (χ1) is 7.09. The van der Waals surface area contributed by atoms with Crippen LogP contribution in [0.2, 0.25) is 0 Å². The van der Waals surface area contributed by atoms with Gasteiger partial charge in [0.25, 0.3) is 0 Å². The lowest BCUT2D eigenvalue weighted by molar-refractivity contribution is 0.441. The average molecular weight is 204 g/mol. The highest BCUT2D eigenvalue weighted by Gasteiger charge is 2.12. The van der Waals surface area contributed by atoms with Gasteiger partial charge in [-0.2, -0.15) is 0 Å². The lowest BCUT2D eigenvalue weighted by atomic mass is 10.0. The van der Waals surface area contributed by atoms with Crippen molar-refractivity contribution in [1.29, 1.82) is 0 Å². The number of nitrogens with zero attached hydrogens (tertiary/aromatic N) is 1. The van der Waals surface area contributed by atoms with Crippen molar-refractivity contribution in [3.05, 3.63) is 29.5 Å². The molecule has 1 atom stereocenters. The minimum atomic E-state index is 0.0296. The molecule has 0 aliphatic carbocycles. The molecular weight excluding hydrogens is 188 g/mol. The highest BCUT2D eigenvalue weighted by molar-refractivity contribution is 5.80. The number of hydrogen-bond donors (Lipinski definition) is 1. The predicted molar refractivity (Wildman–Crippen MR) is 60.7 cm³/mol. The Kier molecular flexibility index (Phi) is 2.49. The van der Waals surface area contributed by atoms with Crippen LogP contribution in [0.4, 0.5) is 0 Å². The summed E-state index contributed by atoms with van der Waals surface area (Å²) < 4.78 is 5.30. The summed E-state index contributed by atoms with van der Waals surface area (Å²) in [5.41, 5.74) is 8.73. The van der Waals surface area contributed by atoms with Crippen molar-refractivity contribution in [3.8, 4) is 0 Å². The Morgan fingerprint density at radius 2 is 2.00 bits per heavy atom. The first-order valence-corrected chi connectivity index (χ1v) is 5.24. The lowest BCUT2D eigenvalue weighted by Gasteiger charge is -2.04. The van der Waals surface area contributed by atoms with E-state index in [0.29, 0.717) is 5.92 Å². The Morgan fingerprint density at radius 1 is 1.27 bits per heavy atom. The molecule has 2 aromatic rings. The van der Waals surface area contributed by atoms with Crippen molar-refractivity contribution in [2.24, 2.45) is 5.73 Å². The number of fused-ring (bicyclic) bond motifs is 1. The van der Waals surface area contributed by atoms with Gasteiger partial charge in [0.05, 0.1) is 5.69 Å². The summed E-state index contributed by atoms with van der Waals surface area (Å²) in [6.07, 6.45) is 0. The molecule has 1 aromatic heterocycles. The molecule has 1 heterocycles. The van der Waals surface area contributed by atoms with Crippen molar-refractivity contribution in [1.82, 2.24) is 5.16 Å². The maximum atomic E-state index is 5.81. The molecule has 0 spiro atoms. The third kappa shape index (κ3) is 1.75. The van der Waals surface area contributed by atoms with Gasteiger partial charge in [0.2, 0.25) is 0 Å². The minimum Gasteiger partial charge on any atom is -0.356 e. The largest absolute Gasteiger partial charge is 0.356 e. The molecule has 0 amide bonds. The molecule has 3 heteroatoms. The van der Waals surface area contributed by atoms with E-state index in [1.54, 1.807) is 0 Å². The van der Waals surface area contributed by atoms with Gasteiger partial charge in [-0.15, -0.1) is 0 Å². The van der Waals surface area contributed by atoms with Crippen LogP contribution in [-0.2, 0) is 0 Å². The molecule has 0 saturated heterocycles. The number of rotatable bonds is 2. The highest BCUT2D eigenvalue weighted by atomic mass is 16.5. The minimum absolute atomic E-state index is 0.0296. The maximum Gasteiger partial charge on any atom is 0.167 e. The van der Waals surface area contributed by atoms with E-state index in [9.17, 15) is 0 Å². The highest BCUT2D eigenvalue weighted by Crippen LogP contribution is 2.26. The SMILES string of the molecule is CC(C)c1noc2cc(C(C)N)ccc12. The summed E-state index contributed by atoms with van der Waals surface area (Å²) in [4.78, 5) is 0. The van der Waals surface area contributed by atoms with Gasteiger partial charge < -0.3 is 10.3 Å². The molecule has 15 heavy (non-hydrogen) atoms. The Labute approximate surface area is 89.2 Å². The molecule has 0 fully saturated rings. The van der Waals surface area contributed by atoms with Crippen LogP contribution in [0.3, 0.4) is 0 Å². The molecule has 0 bridgehead atoms. The molecular formula is C12H16N2O. The Bertz CT molecular complexity index is 471. The molecule has 1 unspecified atom stereocenters. The van der Waals surface area contributed by atoms with Crippen molar-refractivity contribution in [3.63, 3.8) is 0 Å². The van der Waals surface area contributed by atoms with Crippen molar-refractivity contribution < 1.29 is 4.52 Å². The number of benzene rings is 1. The van der Waals surface area contributed by atoms with E-state index in [1.807, 2.05) is 25.1 Å². The topological polar surface area (TPSA) is 52.0 Å². The second kappa shape index (κ2) is 3.66. The zero-order valence-corrected chi connectivity index (χ0v) is 9.32. The molecule has 0 aliphatic rings. The smallest absolute Gasteiger partial charge is 0.167 e. The zero-order chi connectivity index (χ0) is 11.0. The van der Waals surface area contributed by atoms with Gasteiger partial charge in [0.1, 0.15) is 0 Å². The van der Waals surface area contributed by atoms with Gasteiger partial charge >= 0.3 is 0 Å². The molecule has 2 rings (SSSR count). The summed E-state index contributed by atoms with van der Waals surface area (Å²) in [5.74, 6) is 0.382. The third-order valence-electron chi connectivity index (χ3n) is 2.60. The van der Waals surface area contributed by atoms with Crippen LogP contribution in [0, 0.1) is 0 Å². The zero-order valence-electron chi connectivity index (χ0n) is 9.32. The van der Waals surface area contributed by atoms with E-state index < -0.39 is 0 Å². The molecule has 1 aromatic carbocycles. The molecule has 0 radical (unpaired) electrons. The number of hydrogen-bond acceptors (Lipinski definition) is 3. The van der Waals surface area contributed by atoms with E-state index in [1.165, 1.54) is 0 Å². The number of nitrogens with two attached hydrogens (primary N) is 1. The standard InChI is InChI=1S/C12H16N2O/c1-7(2)12-10-5-4-9(8(3)13)6-11(10)15-14-12/h4-8H,13H2,1-3H3. The van der Waals surface area contributed by atoms with E-state index in [0.717, 1.165) is 22.2 Å². The van der Waals surface area contributed by atoms with Crippen molar-refractivity contribution in [2.75, 3.05) is 0 Å².